The molecule has 1 aromatic rings. The second-order valence-electron chi connectivity index (χ2n) is 3.22. The Morgan fingerprint density at radius 1 is 1.46 bits per heavy atom. The van der Waals surface area contributed by atoms with Gasteiger partial charge in [-0.3, -0.25) is 0 Å². The second kappa shape index (κ2) is 4.08. The molecule has 0 heterocycles. The molecule has 0 fully saturated rings. The zero-order chi connectivity index (χ0) is 9.84. The number of benzene rings is 1. The number of carbonyl (C=O) groups is 1. The Labute approximate surface area is 78.2 Å². The van der Waals surface area contributed by atoms with E-state index in [-0.39, 0.29) is 0 Å². The molecule has 0 atom stereocenters. The van der Waals surface area contributed by atoms with Gasteiger partial charge in [0.2, 0.25) is 0 Å². The van der Waals surface area contributed by atoms with Gasteiger partial charge in [0.05, 0.1) is 5.56 Å². The van der Waals surface area contributed by atoms with Gasteiger partial charge in [-0.15, -0.1) is 0 Å². The van der Waals surface area contributed by atoms with Crippen LogP contribution in [-0.4, -0.2) is 11.1 Å². The summed E-state index contributed by atoms with van der Waals surface area (Å²) < 4.78 is 0. The fourth-order valence-electron chi connectivity index (χ4n) is 1.41. The largest absolute Gasteiger partial charge is 0.478 e. The number of hydrogen-bond donors (Lipinski definition) is 1. The maximum absolute atomic E-state index is 10.8. The average molecular weight is 178 g/mol. The zero-order valence-electron chi connectivity index (χ0n) is 8.00. The van der Waals surface area contributed by atoms with Crippen LogP contribution in [0.15, 0.2) is 18.2 Å². The molecule has 0 saturated carbocycles. The van der Waals surface area contributed by atoms with Crippen LogP contribution in [0.1, 0.15) is 34.8 Å². The number of hydrogen-bond acceptors (Lipinski definition) is 1. The van der Waals surface area contributed by atoms with E-state index in [4.69, 9.17) is 5.11 Å². The Morgan fingerprint density at radius 3 is 2.69 bits per heavy atom. The molecule has 0 aliphatic carbocycles. The normalized spacial score (nSPS) is 10.0. The van der Waals surface area contributed by atoms with E-state index in [9.17, 15) is 4.79 Å². The van der Waals surface area contributed by atoms with Crippen LogP contribution in [0.3, 0.4) is 0 Å². The summed E-state index contributed by atoms with van der Waals surface area (Å²) in [6.07, 6.45) is 1.81. The quantitative estimate of drug-likeness (QED) is 0.772. The van der Waals surface area contributed by atoms with Crippen molar-refractivity contribution in [1.29, 1.82) is 0 Å². The van der Waals surface area contributed by atoms with Crippen molar-refractivity contribution < 1.29 is 9.90 Å². The smallest absolute Gasteiger partial charge is 0.335 e. The monoisotopic (exact) mass is 178 g/mol. The van der Waals surface area contributed by atoms with E-state index in [1.807, 2.05) is 26.0 Å². The third-order valence-electron chi connectivity index (χ3n) is 2.01. The van der Waals surface area contributed by atoms with Gasteiger partial charge in [0.15, 0.2) is 0 Å². The van der Waals surface area contributed by atoms with Crippen LogP contribution in [0.2, 0.25) is 0 Å². The number of rotatable bonds is 3. The highest BCUT2D eigenvalue weighted by atomic mass is 16.4. The SMILES string of the molecule is CCCc1cc(C)ccc1C(=O)O. The van der Waals surface area contributed by atoms with Crippen LogP contribution in [0.25, 0.3) is 0 Å². The average Bonchev–Trinajstić information content (AvgIpc) is 2.04. The first-order valence-corrected chi connectivity index (χ1v) is 4.48. The van der Waals surface area contributed by atoms with E-state index in [0.717, 1.165) is 24.0 Å². The molecule has 0 amide bonds. The highest BCUT2D eigenvalue weighted by Gasteiger charge is 2.08. The molecule has 0 aromatic heterocycles. The Bertz CT molecular complexity index is 316. The maximum atomic E-state index is 10.8. The molecule has 13 heavy (non-hydrogen) atoms. The summed E-state index contributed by atoms with van der Waals surface area (Å²) >= 11 is 0. The predicted molar refractivity (Wildman–Crippen MR) is 52.1 cm³/mol. The maximum Gasteiger partial charge on any atom is 0.335 e. The molecule has 0 saturated heterocycles. The van der Waals surface area contributed by atoms with Gasteiger partial charge in [0, 0.05) is 0 Å². The first kappa shape index (κ1) is 9.78. The van der Waals surface area contributed by atoms with E-state index in [1.54, 1.807) is 6.07 Å². The standard InChI is InChI=1S/C11H14O2/c1-3-4-9-7-8(2)5-6-10(9)11(12)13/h5-7H,3-4H2,1-2H3,(H,12,13). The van der Waals surface area contributed by atoms with Crippen molar-refractivity contribution in [2.45, 2.75) is 26.7 Å². The van der Waals surface area contributed by atoms with E-state index < -0.39 is 5.97 Å². The van der Waals surface area contributed by atoms with Gasteiger partial charge in [-0.1, -0.05) is 31.0 Å². The fraction of sp³-hybridized carbons (Fsp3) is 0.364. The number of aryl methyl sites for hydroxylation is 2. The zero-order valence-corrected chi connectivity index (χ0v) is 8.00. The molecule has 1 aromatic carbocycles. The lowest BCUT2D eigenvalue weighted by Gasteiger charge is -2.05. The minimum atomic E-state index is -0.830. The lowest BCUT2D eigenvalue weighted by Crippen LogP contribution is -2.02. The van der Waals surface area contributed by atoms with Gasteiger partial charge in [-0.25, -0.2) is 4.79 Å². The van der Waals surface area contributed by atoms with Gasteiger partial charge >= 0.3 is 5.97 Å². The third-order valence-corrected chi connectivity index (χ3v) is 2.01. The van der Waals surface area contributed by atoms with Crippen LogP contribution in [0.4, 0.5) is 0 Å². The first-order valence-electron chi connectivity index (χ1n) is 4.48. The molecule has 2 nitrogen and oxygen atoms in total. The van der Waals surface area contributed by atoms with Crippen molar-refractivity contribution in [3.05, 3.63) is 34.9 Å². The summed E-state index contributed by atoms with van der Waals surface area (Å²) in [6, 6.07) is 5.47. The van der Waals surface area contributed by atoms with Crippen molar-refractivity contribution in [3.8, 4) is 0 Å². The van der Waals surface area contributed by atoms with Crippen molar-refractivity contribution in [3.63, 3.8) is 0 Å². The fourth-order valence-corrected chi connectivity index (χ4v) is 1.41. The molecule has 0 radical (unpaired) electrons. The molecular formula is C11H14O2. The van der Waals surface area contributed by atoms with Crippen LogP contribution < -0.4 is 0 Å². The van der Waals surface area contributed by atoms with Gasteiger partial charge in [-0.2, -0.15) is 0 Å². The van der Waals surface area contributed by atoms with Crippen molar-refractivity contribution in [1.82, 2.24) is 0 Å². The molecule has 2 heteroatoms. The molecule has 1 rings (SSSR count). The Morgan fingerprint density at radius 2 is 2.15 bits per heavy atom. The van der Waals surface area contributed by atoms with E-state index >= 15 is 0 Å². The summed E-state index contributed by atoms with van der Waals surface area (Å²) in [5.74, 6) is -0.830. The van der Waals surface area contributed by atoms with Crippen molar-refractivity contribution in [2.75, 3.05) is 0 Å². The molecule has 0 bridgehead atoms. The van der Waals surface area contributed by atoms with Crippen molar-refractivity contribution >= 4 is 5.97 Å². The lowest BCUT2D eigenvalue weighted by molar-refractivity contribution is 0.0695. The summed E-state index contributed by atoms with van der Waals surface area (Å²) in [4.78, 5) is 10.8. The first-order chi connectivity index (χ1) is 6.15. The molecule has 0 aliphatic rings. The number of carboxylic acids is 1. The molecule has 0 spiro atoms. The van der Waals surface area contributed by atoms with E-state index in [1.165, 1.54) is 0 Å². The van der Waals surface area contributed by atoms with Crippen LogP contribution >= 0.6 is 0 Å². The molecule has 0 aliphatic heterocycles. The molecule has 1 N–H and O–H groups in total. The Balaban J connectivity index is 3.10. The minimum Gasteiger partial charge on any atom is -0.478 e. The molecule has 70 valence electrons. The van der Waals surface area contributed by atoms with Gasteiger partial charge < -0.3 is 5.11 Å². The van der Waals surface area contributed by atoms with Gasteiger partial charge in [-0.05, 0) is 25.0 Å². The Hall–Kier alpha value is -1.31. The van der Waals surface area contributed by atoms with Gasteiger partial charge in [0.25, 0.3) is 0 Å². The molecule has 0 unspecified atom stereocenters. The Kier molecular flexibility index (Phi) is 3.07. The van der Waals surface area contributed by atoms with Crippen molar-refractivity contribution in [2.24, 2.45) is 0 Å². The minimum absolute atomic E-state index is 0.437. The van der Waals surface area contributed by atoms with E-state index in [0.29, 0.717) is 5.56 Å². The second-order valence-corrected chi connectivity index (χ2v) is 3.22. The highest BCUT2D eigenvalue weighted by Crippen LogP contribution is 2.13. The highest BCUT2D eigenvalue weighted by molar-refractivity contribution is 5.89. The summed E-state index contributed by atoms with van der Waals surface area (Å²) in [5, 5.41) is 8.88. The topological polar surface area (TPSA) is 37.3 Å². The summed E-state index contributed by atoms with van der Waals surface area (Å²) in [5.41, 5.74) is 2.50. The lowest BCUT2D eigenvalue weighted by atomic mass is 10.0. The van der Waals surface area contributed by atoms with Crippen LogP contribution in [0, 0.1) is 6.92 Å². The summed E-state index contributed by atoms with van der Waals surface area (Å²) in [6.45, 7) is 4.03. The van der Waals surface area contributed by atoms with Crippen LogP contribution in [-0.2, 0) is 6.42 Å². The summed E-state index contributed by atoms with van der Waals surface area (Å²) in [7, 11) is 0. The molecular weight excluding hydrogens is 164 g/mol. The predicted octanol–water partition coefficient (Wildman–Crippen LogP) is 2.65. The van der Waals surface area contributed by atoms with Crippen LogP contribution in [0.5, 0.6) is 0 Å². The number of carboxylic acid groups (broad SMARTS) is 1. The number of aromatic carboxylic acids is 1. The van der Waals surface area contributed by atoms with E-state index in [2.05, 4.69) is 0 Å². The third kappa shape index (κ3) is 2.31. The van der Waals surface area contributed by atoms with Gasteiger partial charge in [0.1, 0.15) is 0 Å².